The highest BCUT2D eigenvalue weighted by Gasteiger charge is 2.16. The maximum Gasteiger partial charge on any atom is 0.263 e. The van der Waals surface area contributed by atoms with Crippen LogP contribution in [0.15, 0.2) is 53.4 Å². The second-order valence-corrected chi connectivity index (χ2v) is 7.89. The van der Waals surface area contributed by atoms with Gasteiger partial charge in [0.2, 0.25) is 0 Å². The zero-order valence-corrected chi connectivity index (χ0v) is 15.9. The highest BCUT2D eigenvalue weighted by atomic mass is 32.2. The van der Waals surface area contributed by atoms with Gasteiger partial charge in [-0.15, -0.1) is 10.2 Å². The van der Waals surface area contributed by atoms with Crippen LogP contribution < -0.4 is 10.0 Å². The van der Waals surface area contributed by atoms with Crippen molar-refractivity contribution >= 4 is 27.3 Å². The molecule has 0 bridgehead atoms. The van der Waals surface area contributed by atoms with Crippen LogP contribution in [0.4, 0.5) is 21.7 Å². The van der Waals surface area contributed by atoms with Crippen LogP contribution in [0.2, 0.25) is 0 Å². The standard InChI is InChI=1S/C19H19FN4O2S/c1-12-5-4-6-13(2)19(12)21-17-9-10-18(23-22-17)24-27(25,26)15-7-8-16(20)14(3)11-15/h4-11H,1-3H3,(H,21,22)(H,23,24). The van der Waals surface area contributed by atoms with Crippen molar-refractivity contribution in [2.45, 2.75) is 25.7 Å². The van der Waals surface area contributed by atoms with E-state index in [-0.39, 0.29) is 16.3 Å². The fourth-order valence-electron chi connectivity index (χ4n) is 2.57. The molecule has 0 amide bonds. The predicted molar refractivity (Wildman–Crippen MR) is 103 cm³/mol. The first-order chi connectivity index (χ1) is 12.8. The van der Waals surface area contributed by atoms with Crippen LogP contribution in [0.5, 0.6) is 0 Å². The fourth-order valence-corrected chi connectivity index (χ4v) is 3.66. The summed E-state index contributed by atoms with van der Waals surface area (Å²) >= 11 is 0. The normalized spacial score (nSPS) is 11.3. The van der Waals surface area contributed by atoms with Gasteiger partial charge in [0.05, 0.1) is 4.90 Å². The summed E-state index contributed by atoms with van der Waals surface area (Å²) in [5, 5.41) is 11.1. The van der Waals surface area contributed by atoms with Gasteiger partial charge in [0.25, 0.3) is 10.0 Å². The van der Waals surface area contributed by atoms with E-state index in [1.165, 1.54) is 25.1 Å². The Hall–Kier alpha value is -3.00. The molecule has 8 heteroatoms. The van der Waals surface area contributed by atoms with Crippen molar-refractivity contribution in [3.05, 3.63) is 71.0 Å². The summed E-state index contributed by atoms with van der Waals surface area (Å²) in [5.74, 6) is 0.104. The Morgan fingerprint density at radius 3 is 2.07 bits per heavy atom. The van der Waals surface area contributed by atoms with E-state index in [1.54, 1.807) is 6.07 Å². The van der Waals surface area contributed by atoms with E-state index in [2.05, 4.69) is 20.2 Å². The number of rotatable bonds is 5. The third-order valence-corrected chi connectivity index (χ3v) is 5.43. The van der Waals surface area contributed by atoms with Gasteiger partial charge in [-0.3, -0.25) is 4.72 Å². The van der Waals surface area contributed by atoms with Crippen LogP contribution in [-0.4, -0.2) is 18.6 Å². The molecule has 0 aliphatic heterocycles. The maximum atomic E-state index is 13.3. The fraction of sp³-hybridized carbons (Fsp3) is 0.158. The number of anilines is 3. The van der Waals surface area contributed by atoms with E-state index < -0.39 is 15.8 Å². The van der Waals surface area contributed by atoms with E-state index in [0.717, 1.165) is 22.9 Å². The lowest BCUT2D eigenvalue weighted by Gasteiger charge is -2.12. The number of benzene rings is 2. The molecule has 140 valence electrons. The molecule has 2 aromatic carbocycles. The van der Waals surface area contributed by atoms with E-state index in [1.807, 2.05) is 32.0 Å². The number of nitrogens with zero attached hydrogens (tertiary/aromatic N) is 2. The lowest BCUT2D eigenvalue weighted by molar-refractivity contribution is 0.598. The highest BCUT2D eigenvalue weighted by molar-refractivity contribution is 7.92. The van der Waals surface area contributed by atoms with Crippen molar-refractivity contribution in [1.29, 1.82) is 0 Å². The number of hydrogen-bond donors (Lipinski definition) is 2. The highest BCUT2D eigenvalue weighted by Crippen LogP contribution is 2.23. The van der Waals surface area contributed by atoms with Gasteiger partial charge in [-0.2, -0.15) is 0 Å². The van der Waals surface area contributed by atoms with Crippen molar-refractivity contribution in [2.75, 3.05) is 10.0 Å². The first-order valence-corrected chi connectivity index (χ1v) is 9.70. The molecule has 0 aliphatic carbocycles. The van der Waals surface area contributed by atoms with E-state index in [4.69, 9.17) is 0 Å². The van der Waals surface area contributed by atoms with Crippen LogP contribution in [-0.2, 0) is 10.0 Å². The minimum atomic E-state index is -3.88. The third kappa shape index (κ3) is 4.22. The monoisotopic (exact) mass is 386 g/mol. The smallest absolute Gasteiger partial charge is 0.263 e. The molecule has 6 nitrogen and oxygen atoms in total. The quantitative estimate of drug-likeness (QED) is 0.690. The number of para-hydroxylation sites is 1. The summed E-state index contributed by atoms with van der Waals surface area (Å²) in [6.45, 7) is 5.47. The summed E-state index contributed by atoms with van der Waals surface area (Å²) in [5.41, 5.74) is 3.31. The maximum absolute atomic E-state index is 13.3. The van der Waals surface area contributed by atoms with Crippen molar-refractivity contribution < 1.29 is 12.8 Å². The number of sulfonamides is 1. The van der Waals surface area contributed by atoms with Crippen molar-refractivity contribution in [2.24, 2.45) is 0 Å². The Labute approximate surface area is 157 Å². The lowest BCUT2D eigenvalue weighted by Crippen LogP contribution is -2.15. The van der Waals surface area contributed by atoms with Gasteiger partial charge in [0, 0.05) is 5.69 Å². The van der Waals surface area contributed by atoms with E-state index in [0.29, 0.717) is 5.82 Å². The van der Waals surface area contributed by atoms with Gasteiger partial charge in [0.15, 0.2) is 11.6 Å². The molecule has 0 atom stereocenters. The summed E-state index contributed by atoms with van der Waals surface area (Å²) in [4.78, 5) is -0.0408. The zero-order chi connectivity index (χ0) is 19.6. The molecule has 0 saturated heterocycles. The van der Waals surface area contributed by atoms with Gasteiger partial charge < -0.3 is 5.32 Å². The second-order valence-electron chi connectivity index (χ2n) is 6.21. The number of aromatic nitrogens is 2. The van der Waals surface area contributed by atoms with Crippen LogP contribution in [0, 0.1) is 26.6 Å². The molecule has 1 aromatic heterocycles. The van der Waals surface area contributed by atoms with Crippen LogP contribution >= 0.6 is 0 Å². The number of hydrogen-bond acceptors (Lipinski definition) is 5. The van der Waals surface area contributed by atoms with Crippen molar-refractivity contribution in [1.82, 2.24) is 10.2 Å². The van der Waals surface area contributed by atoms with Gasteiger partial charge in [-0.25, -0.2) is 12.8 Å². The van der Waals surface area contributed by atoms with Crippen molar-refractivity contribution in [3.8, 4) is 0 Å². The Bertz CT molecular complexity index is 1060. The van der Waals surface area contributed by atoms with Crippen LogP contribution in [0.1, 0.15) is 16.7 Å². The van der Waals surface area contributed by atoms with Gasteiger partial charge >= 0.3 is 0 Å². The minimum Gasteiger partial charge on any atom is -0.338 e. The number of aryl methyl sites for hydroxylation is 3. The summed E-state index contributed by atoms with van der Waals surface area (Å²) in [7, 11) is -3.88. The summed E-state index contributed by atoms with van der Waals surface area (Å²) in [6.07, 6.45) is 0. The Morgan fingerprint density at radius 2 is 1.48 bits per heavy atom. The largest absolute Gasteiger partial charge is 0.338 e. The molecule has 0 fully saturated rings. The molecule has 0 radical (unpaired) electrons. The molecule has 0 saturated carbocycles. The van der Waals surface area contributed by atoms with E-state index in [9.17, 15) is 12.8 Å². The molecular formula is C19H19FN4O2S. The first kappa shape index (κ1) is 18.8. The SMILES string of the molecule is Cc1cc(S(=O)(=O)Nc2ccc(Nc3c(C)cccc3C)nn2)ccc1F. The predicted octanol–water partition coefficient (Wildman–Crippen LogP) is 4.09. The Morgan fingerprint density at radius 1 is 0.852 bits per heavy atom. The summed E-state index contributed by atoms with van der Waals surface area (Å²) in [6, 6.07) is 12.7. The second kappa shape index (κ2) is 7.32. The molecule has 0 spiro atoms. The molecule has 0 aliphatic rings. The van der Waals surface area contributed by atoms with Crippen molar-refractivity contribution in [3.63, 3.8) is 0 Å². The molecular weight excluding hydrogens is 367 g/mol. The van der Waals surface area contributed by atoms with Gasteiger partial charge in [-0.1, -0.05) is 18.2 Å². The molecule has 27 heavy (non-hydrogen) atoms. The van der Waals surface area contributed by atoms with Gasteiger partial charge in [0.1, 0.15) is 5.82 Å². The molecule has 3 aromatic rings. The minimum absolute atomic E-state index is 0.0408. The number of halogens is 1. The zero-order valence-electron chi connectivity index (χ0n) is 15.1. The molecule has 3 rings (SSSR count). The molecule has 1 heterocycles. The third-order valence-electron chi connectivity index (χ3n) is 4.08. The average molecular weight is 386 g/mol. The van der Waals surface area contributed by atoms with Gasteiger partial charge in [-0.05, 0) is 67.8 Å². The number of nitrogens with one attached hydrogen (secondary N) is 2. The van der Waals surface area contributed by atoms with E-state index >= 15 is 0 Å². The Balaban J connectivity index is 1.78. The first-order valence-electron chi connectivity index (χ1n) is 8.22. The van der Waals surface area contributed by atoms with Crippen LogP contribution in [0.25, 0.3) is 0 Å². The van der Waals surface area contributed by atoms with Crippen LogP contribution in [0.3, 0.4) is 0 Å². The Kier molecular flexibility index (Phi) is 5.09. The lowest BCUT2D eigenvalue weighted by atomic mass is 10.1. The average Bonchev–Trinajstić information content (AvgIpc) is 2.62. The topological polar surface area (TPSA) is 84.0 Å². The molecule has 0 unspecified atom stereocenters. The molecule has 2 N–H and O–H groups in total. The summed E-state index contributed by atoms with van der Waals surface area (Å²) < 4.78 is 40.5.